The molecule has 0 spiro atoms. The molecule has 104 valence electrons. The van der Waals surface area contributed by atoms with Crippen LogP contribution in [0.5, 0.6) is 0 Å². The Morgan fingerprint density at radius 3 is 2.70 bits per heavy atom. The van der Waals surface area contributed by atoms with E-state index in [2.05, 4.69) is 5.32 Å². The monoisotopic (exact) mass is 277 g/mol. The fourth-order valence-electron chi connectivity index (χ4n) is 2.69. The van der Waals surface area contributed by atoms with Crippen molar-refractivity contribution in [1.29, 1.82) is 0 Å². The second kappa shape index (κ2) is 4.38. The lowest BCUT2D eigenvalue weighted by atomic mass is 10.0. The third-order valence-electron chi connectivity index (χ3n) is 3.69. The Morgan fingerprint density at radius 2 is 2.10 bits per heavy atom. The van der Waals surface area contributed by atoms with Gasteiger partial charge in [0, 0.05) is 12.1 Å². The number of halogens is 1. The van der Waals surface area contributed by atoms with Crippen molar-refractivity contribution in [2.45, 2.75) is 25.6 Å². The van der Waals surface area contributed by atoms with Crippen LogP contribution in [0.4, 0.5) is 4.39 Å². The second-order valence-electron chi connectivity index (χ2n) is 4.83. The van der Waals surface area contributed by atoms with Gasteiger partial charge < -0.3 is 10.6 Å². The number of hydrogen-bond acceptors (Lipinski definition) is 4. The number of carbonyl (C=O) groups excluding carboxylic acids is 3. The van der Waals surface area contributed by atoms with E-state index < -0.39 is 29.6 Å². The number of carbonyl (C=O) groups is 3. The maximum Gasteiger partial charge on any atom is 0.255 e. The average Bonchev–Trinajstić information content (AvgIpc) is 2.92. The Labute approximate surface area is 113 Å². The molecule has 1 fully saturated rings. The standard InChI is InChI=1S/C13H12FN3O3/c14-8-2-1-6(4-15)11-7(8)5-17(13(11)20)9-3-10(18)16-12(9)19/h1-2,9H,3-5,15H2,(H,16,18,19). The molecule has 7 heteroatoms. The summed E-state index contributed by atoms with van der Waals surface area (Å²) in [6, 6.07) is 1.86. The molecule has 20 heavy (non-hydrogen) atoms. The highest BCUT2D eigenvalue weighted by molar-refractivity contribution is 6.09. The van der Waals surface area contributed by atoms with Gasteiger partial charge in [-0.2, -0.15) is 0 Å². The quantitative estimate of drug-likeness (QED) is 0.723. The van der Waals surface area contributed by atoms with Crippen molar-refractivity contribution < 1.29 is 18.8 Å². The summed E-state index contributed by atoms with van der Waals surface area (Å²) >= 11 is 0. The number of rotatable bonds is 2. The van der Waals surface area contributed by atoms with E-state index in [0.717, 1.165) is 0 Å². The second-order valence-corrected chi connectivity index (χ2v) is 4.83. The first kappa shape index (κ1) is 12.7. The number of hydrogen-bond donors (Lipinski definition) is 2. The fraction of sp³-hybridized carbons (Fsp3) is 0.308. The summed E-state index contributed by atoms with van der Waals surface area (Å²) in [5.74, 6) is -1.90. The molecule has 2 aliphatic heterocycles. The van der Waals surface area contributed by atoms with Crippen LogP contribution in [-0.4, -0.2) is 28.7 Å². The maximum atomic E-state index is 13.8. The van der Waals surface area contributed by atoms with Gasteiger partial charge in [0.15, 0.2) is 0 Å². The first-order valence-corrected chi connectivity index (χ1v) is 6.18. The molecule has 2 aliphatic rings. The zero-order valence-corrected chi connectivity index (χ0v) is 10.5. The Bertz CT molecular complexity index is 644. The van der Waals surface area contributed by atoms with Gasteiger partial charge in [-0.3, -0.25) is 19.7 Å². The molecule has 0 saturated carbocycles. The topological polar surface area (TPSA) is 92.5 Å². The molecule has 0 radical (unpaired) electrons. The van der Waals surface area contributed by atoms with Gasteiger partial charge in [-0.15, -0.1) is 0 Å². The summed E-state index contributed by atoms with van der Waals surface area (Å²) in [6.45, 7) is 0.0944. The van der Waals surface area contributed by atoms with Crippen LogP contribution in [0.25, 0.3) is 0 Å². The third-order valence-corrected chi connectivity index (χ3v) is 3.69. The lowest BCUT2D eigenvalue weighted by Gasteiger charge is -2.20. The van der Waals surface area contributed by atoms with Gasteiger partial charge in [0.2, 0.25) is 11.8 Å². The Hall–Kier alpha value is -2.28. The van der Waals surface area contributed by atoms with Crippen LogP contribution in [0, 0.1) is 5.82 Å². The van der Waals surface area contributed by atoms with Crippen LogP contribution >= 0.6 is 0 Å². The van der Waals surface area contributed by atoms with Gasteiger partial charge in [0.1, 0.15) is 11.9 Å². The van der Waals surface area contributed by atoms with E-state index in [1.165, 1.54) is 17.0 Å². The lowest BCUT2D eigenvalue weighted by molar-refractivity contribution is -0.126. The third kappa shape index (κ3) is 1.70. The normalized spacial score (nSPS) is 21.4. The molecule has 0 bridgehead atoms. The molecule has 3 N–H and O–H groups in total. The minimum atomic E-state index is -0.868. The Kier molecular flexibility index (Phi) is 2.79. The number of amides is 3. The van der Waals surface area contributed by atoms with Crippen LogP contribution < -0.4 is 11.1 Å². The summed E-state index contributed by atoms with van der Waals surface area (Å²) < 4.78 is 13.8. The molecule has 1 aromatic carbocycles. The van der Waals surface area contributed by atoms with Gasteiger partial charge in [0.25, 0.3) is 5.91 Å². The van der Waals surface area contributed by atoms with Crippen molar-refractivity contribution in [3.63, 3.8) is 0 Å². The molecule has 1 aromatic rings. The molecule has 0 aromatic heterocycles. The predicted octanol–water partition coefficient (Wildman–Crippen LogP) is -0.345. The highest BCUT2D eigenvalue weighted by Gasteiger charge is 2.43. The van der Waals surface area contributed by atoms with E-state index in [1.807, 2.05) is 0 Å². The van der Waals surface area contributed by atoms with Gasteiger partial charge in [-0.05, 0) is 11.6 Å². The molecule has 1 atom stereocenters. The van der Waals surface area contributed by atoms with E-state index in [0.29, 0.717) is 5.56 Å². The molecular weight excluding hydrogens is 265 g/mol. The molecule has 2 heterocycles. The van der Waals surface area contributed by atoms with Crippen molar-refractivity contribution in [1.82, 2.24) is 10.2 Å². The minimum absolute atomic E-state index is 0.0147. The first-order valence-electron chi connectivity index (χ1n) is 6.18. The van der Waals surface area contributed by atoms with Crippen molar-refractivity contribution in [3.05, 3.63) is 34.6 Å². The Balaban J connectivity index is 2.01. The lowest BCUT2D eigenvalue weighted by Crippen LogP contribution is -2.40. The maximum absolute atomic E-state index is 13.8. The van der Waals surface area contributed by atoms with Crippen molar-refractivity contribution in [2.75, 3.05) is 0 Å². The van der Waals surface area contributed by atoms with E-state index in [9.17, 15) is 18.8 Å². The highest BCUT2D eigenvalue weighted by Crippen LogP contribution is 2.31. The molecule has 3 rings (SSSR count). The van der Waals surface area contributed by atoms with Gasteiger partial charge in [0.05, 0.1) is 18.5 Å². The van der Waals surface area contributed by atoms with Crippen molar-refractivity contribution in [3.8, 4) is 0 Å². The fourth-order valence-corrected chi connectivity index (χ4v) is 2.69. The summed E-state index contributed by atoms with van der Waals surface area (Å²) in [5.41, 5.74) is 6.56. The number of nitrogens with one attached hydrogen (secondary N) is 1. The van der Waals surface area contributed by atoms with Gasteiger partial charge >= 0.3 is 0 Å². The smallest absolute Gasteiger partial charge is 0.255 e. The SMILES string of the molecule is NCc1ccc(F)c2c1C(=O)N(C1CC(=O)NC1=O)C2. The molecule has 3 amide bonds. The average molecular weight is 277 g/mol. The molecule has 0 aliphatic carbocycles. The van der Waals surface area contributed by atoms with Crippen LogP contribution in [0.1, 0.15) is 27.9 Å². The van der Waals surface area contributed by atoms with Crippen LogP contribution in [0.3, 0.4) is 0 Å². The molecule has 1 saturated heterocycles. The zero-order chi connectivity index (χ0) is 14.4. The summed E-state index contributed by atoms with van der Waals surface area (Å²) in [5, 5.41) is 2.14. The summed E-state index contributed by atoms with van der Waals surface area (Å²) in [6.07, 6.45) is -0.0852. The summed E-state index contributed by atoms with van der Waals surface area (Å²) in [4.78, 5) is 36.5. The Morgan fingerprint density at radius 1 is 1.35 bits per heavy atom. The van der Waals surface area contributed by atoms with E-state index in [1.54, 1.807) is 0 Å². The van der Waals surface area contributed by atoms with Gasteiger partial charge in [-0.25, -0.2) is 4.39 Å². The number of nitrogens with zero attached hydrogens (tertiary/aromatic N) is 1. The number of nitrogens with two attached hydrogens (primary N) is 1. The molecule has 6 nitrogen and oxygen atoms in total. The van der Waals surface area contributed by atoms with Crippen molar-refractivity contribution in [2.24, 2.45) is 5.73 Å². The number of fused-ring (bicyclic) bond motifs is 1. The van der Waals surface area contributed by atoms with Gasteiger partial charge in [-0.1, -0.05) is 6.07 Å². The molecular formula is C13H12FN3O3. The number of benzene rings is 1. The zero-order valence-electron chi connectivity index (χ0n) is 10.5. The van der Waals surface area contributed by atoms with E-state index in [4.69, 9.17) is 5.73 Å². The number of imide groups is 1. The molecule has 1 unspecified atom stereocenters. The highest BCUT2D eigenvalue weighted by atomic mass is 19.1. The van der Waals surface area contributed by atoms with Crippen LogP contribution in [0.15, 0.2) is 12.1 Å². The van der Waals surface area contributed by atoms with Crippen LogP contribution in [-0.2, 0) is 22.7 Å². The van der Waals surface area contributed by atoms with Crippen molar-refractivity contribution >= 4 is 17.7 Å². The minimum Gasteiger partial charge on any atom is -0.326 e. The predicted molar refractivity (Wildman–Crippen MR) is 65.7 cm³/mol. The first-order chi connectivity index (χ1) is 9.52. The van der Waals surface area contributed by atoms with E-state index >= 15 is 0 Å². The van der Waals surface area contributed by atoms with Crippen LogP contribution in [0.2, 0.25) is 0 Å². The summed E-state index contributed by atoms with van der Waals surface area (Å²) in [7, 11) is 0. The van der Waals surface area contributed by atoms with E-state index in [-0.39, 0.29) is 30.6 Å². The largest absolute Gasteiger partial charge is 0.326 e.